The quantitative estimate of drug-likeness (QED) is 0.635. The topological polar surface area (TPSA) is 87.6 Å². The highest BCUT2D eigenvalue weighted by Crippen LogP contribution is 2.28. The molecule has 1 unspecified atom stereocenters. The fourth-order valence-electron chi connectivity index (χ4n) is 1.91. The Morgan fingerprint density at radius 3 is 3.00 bits per heavy atom. The Morgan fingerprint density at radius 1 is 1.56 bits per heavy atom. The largest absolute Gasteiger partial charge is 0.484 e. The van der Waals surface area contributed by atoms with E-state index in [1.165, 1.54) is 6.07 Å². The fraction of sp³-hybridized carbons (Fsp3) is 0.500. The van der Waals surface area contributed by atoms with Crippen molar-refractivity contribution in [2.45, 2.75) is 25.5 Å². The molecule has 2 N–H and O–H groups in total. The van der Waals surface area contributed by atoms with Crippen LogP contribution in [0.4, 0.5) is 5.69 Å². The molecule has 1 aromatic rings. The van der Waals surface area contributed by atoms with Crippen LogP contribution in [0.15, 0.2) is 18.2 Å². The van der Waals surface area contributed by atoms with Gasteiger partial charge in [0, 0.05) is 19.2 Å². The SMILES string of the molecule is NCc1ccc(OCC2CCCO2)c([N+](=O)[O-])c1. The lowest BCUT2D eigenvalue weighted by Gasteiger charge is -2.11. The molecule has 1 aliphatic rings. The summed E-state index contributed by atoms with van der Waals surface area (Å²) in [6.07, 6.45) is 2.00. The van der Waals surface area contributed by atoms with Crippen LogP contribution in [0.2, 0.25) is 0 Å². The maximum Gasteiger partial charge on any atom is 0.311 e. The van der Waals surface area contributed by atoms with Crippen LogP contribution in [0.3, 0.4) is 0 Å². The van der Waals surface area contributed by atoms with Gasteiger partial charge in [-0.1, -0.05) is 6.07 Å². The highest BCUT2D eigenvalue weighted by Gasteiger charge is 2.20. The summed E-state index contributed by atoms with van der Waals surface area (Å²) in [5.74, 6) is 0.271. The third-order valence-electron chi connectivity index (χ3n) is 2.90. The zero-order valence-corrected chi connectivity index (χ0v) is 10.0. The molecule has 1 aliphatic heterocycles. The maximum absolute atomic E-state index is 10.9. The second-order valence-electron chi connectivity index (χ2n) is 4.21. The summed E-state index contributed by atoms with van der Waals surface area (Å²) in [5, 5.41) is 10.9. The summed E-state index contributed by atoms with van der Waals surface area (Å²) in [6, 6.07) is 4.78. The van der Waals surface area contributed by atoms with E-state index in [0.717, 1.165) is 19.4 Å². The molecule has 1 fully saturated rings. The third-order valence-corrected chi connectivity index (χ3v) is 2.90. The summed E-state index contributed by atoms with van der Waals surface area (Å²) in [4.78, 5) is 10.5. The van der Waals surface area contributed by atoms with Crippen molar-refractivity contribution in [1.82, 2.24) is 0 Å². The molecule has 6 nitrogen and oxygen atoms in total. The normalized spacial score (nSPS) is 18.8. The van der Waals surface area contributed by atoms with Gasteiger partial charge in [-0.3, -0.25) is 10.1 Å². The zero-order valence-electron chi connectivity index (χ0n) is 10.0. The van der Waals surface area contributed by atoms with Crippen molar-refractivity contribution in [1.29, 1.82) is 0 Å². The summed E-state index contributed by atoms with van der Waals surface area (Å²) in [7, 11) is 0. The number of ether oxygens (including phenoxy) is 2. The molecular weight excluding hydrogens is 236 g/mol. The van der Waals surface area contributed by atoms with Crippen LogP contribution in [0.1, 0.15) is 18.4 Å². The molecule has 1 aromatic carbocycles. The van der Waals surface area contributed by atoms with Gasteiger partial charge in [0.1, 0.15) is 6.61 Å². The van der Waals surface area contributed by atoms with E-state index in [1.54, 1.807) is 12.1 Å². The maximum atomic E-state index is 10.9. The Kier molecular flexibility index (Phi) is 4.11. The molecule has 1 atom stereocenters. The van der Waals surface area contributed by atoms with Crippen molar-refractivity contribution < 1.29 is 14.4 Å². The van der Waals surface area contributed by atoms with E-state index in [-0.39, 0.29) is 24.1 Å². The average molecular weight is 252 g/mol. The standard InChI is InChI=1S/C12H16N2O4/c13-7-9-3-4-12(11(6-9)14(15)16)18-8-10-2-1-5-17-10/h3-4,6,10H,1-2,5,7-8,13H2. The van der Waals surface area contributed by atoms with Gasteiger partial charge in [-0.2, -0.15) is 0 Å². The minimum atomic E-state index is -0.454. The van der Waals surface area contributed by atoms with Crippen molar-refractivity contribution in [3.63, 3.8) is 0 Å². The first-order valence-corrected chi connectivity index (χ1v) is 5.92. The van der Waals surface area contributed by atoms with Crippen LogP contribution in [-0.4, -0.2) is 24.2 Å². The smallest absolute Gasteiger partial charge is 0.311 e. The van der Waals surface area contributed by atoms with Gasteiger partial charge in [0.05, 0.1) is 11.0 Å². The summed E-state index contributed by atoms with van der Waals surface area (Å²) < 4.78 is 10.9. The lowest BCUT2D eigenvalue weighted by atomic mass is 10.2. The number of nitro benzene ring substituents is 1. The van der Waals surface area contributed by atoms with Crippen LogP contribution >= 0.6 is 0 Å². The molecule has 2 rings (SSSR count). The highest BCUT2D eigenvalue weighted by molar-refractivity contribution is 5.48. The number of benzene rings is 1. The lowest BCUT2D eigenvalue weighted by molar-refractivity contribution is -0.386. The van der Waals surface area contributed by atoms with E-state index >= 15 is 0 Å². The molecule has 0 aliphatic carbocycles. The second kappa shape index (κ2) is 5.79. The molecule has 18 heavy (non-hydrogen) atoms. The Hall–Kier alpha value is -1.66. The predicted octanol–water partition coefficient (Wildman–Crippen LogP) is 1.61. The first-order chi connectivity index (χ1) is 8.70. The Labute approximate surface area is 105 Å². The molecule has 0 radical (unpaired) electrons. The number of nitro groups is 1. The van der Waals surface area contributed by atoms with Crippen molar-refractivity contribution in [3.05, 3.63) is 33.9 Å². The van der Waals surface area contributed by atoms with Crippen molar-refractivity contribution in [2.75, 3.05) is 13.2 Å². The van der Waals surface area contributed by atoms with Crippen LogP contribution in [0.25, 0.3) is 0 Å². The van der Waals surface area contributed by atoms with Crippen molar-refractivity contribution >= 4 is 5.69 Å². The van der Waals surface area contributed by atoms with Crippen LogP contribution < -0.4 is 10.5 Å². The number of nitrogens with two attached hydrogens (primary N) is 1. The fourth-order valence-corrected chi connectivity index (χ4v) is 1.91. The molecule has 98 valence electrons. The lowest BCUT2D eigenvalue weighted by Crippen LogP contribution is -2.16. The minimum absolute atomic E-state index is 0.0405. The van der Waals surface area contributed by atoms with Gasteiger partial charge in [0.2, 0.25) is 0 Å². The van der Waals surface area contributed by atoms with E-state index in [0.29, 0.717) is 12.2 Å². The van der Waals surface area contributed by atoms with E-state index in [2.05, 4.69) is 0 Å². The number of hydrogen-bond donors (Lipinski definition) is 1. The number of hydrogen-bond acceptors (Lipinski definition) is 5. The van der Waals surface area contributed by atoms with Crippen molar-refractivity contribution in [2.24, 2.45) is 5.73 Å². The van der Waals surface area contributed by atoms with E-state index in [1.807, 2.05) is 0 Å². The molecule has 0 bridgehead atoms. The van der Waals surface area contributed by atoms with Crippen molar-refractivity contribution in [3.8, 4) is 5.75 Å². The van der Waals surface area contributed by atoms with Crippen LogP contribution in [0.5, 0.6) is 5.75 Å². The minimum Gasteiger partial charge on any atom is -0.484 e. The monoisotopic (exact) mass is 252 g/mol. The molecule has 0 aromatic heterocycles. The molecule has 1 heterocycles. The van der Waals surface area contributed by atoms with Gasteiger partial charge in [0.25, 0.3) is 0 Å². The van der Waals surface area contributed by atoms with Crippen LogP contribution in [-0.2, 0) is 11.3 Å². The first kappa shape index (κ1) is 12.8. The van der Waals surface area contributed by atoms with Gasteiger partial charge in [-0.05, 0) is 24.5 Å². The van der Waals surface area contributed by atoms with Crippen LogP contribution in [0, 0.1) is 10.1 Å². The Bertz CT molecular complexity index is 430. The van der Waals surface area contributed by atoms with Gasteiger partial charge < -0.3 is 15.2 Å². The molecule has 6 heteroatoms. The Morgan fingerprint density at radius 2 is 2.39 bits per heavy atom. The average Bonchev–Trinajstić information content (AvgIpc) is 2.89. The summed E-state index contributed by atoms with van der Waals surface area (Å²) >= 11 is 0. The summed E-state index contributed by atoms with van der Waals surface area (Å²) in [6.45, 7) is 1.36. The molecule has 0 saturated carbocycles. The van der Waals surface area contributed by atoms with Gasteiger partial charge in [-0.15, -0.1) is 0 Å². The predicted molar refractivity (Wildman–Crippen MR) is 65.5 cm³/mol. The van der Waals surface area contributed by atoms with E-state index in [9.17, 15) is 10.1 Å². The molecule has 0 spiro atoms. The number of nitrogens with zero attached hydrogens (tertiary/aromatic N) is 1. The molecule has 1 saturated heterocycles. The van der Waals surface area contributed by atoms with Gasteiger partial charge in [-0.25, -0.2) is 0 Å². The van der Waals surface area contributed by atoms with E-state index < -0.39 is 4.92 Å². The third kappa shape index (κ3) is 2.96. The second-order valence-corrected chi connectivity index (χ2v) is 4.21. The Balaban J connectivity index is 2.08. The van der Waals surface area contributed by atoms with Gasteiger partial charge in [0.15, 0.2) is 5.75 Å². The first-order valence-electron chi connectivity index (χ1n) is 5.92. The molecular formula is C12H16N2O4. The molecule has 0 amide bonds. The highest BCUT2D eigenvalue weighted by atomic mass is 16.6. The zero-order chi connectivity index (χ0) is 13.0. The number of rotatable bonds is 5. The summed E-state index contributed by atoms with van der Waals surface area (Å²) in [5.41, 5.74) is 6.13. The van der Waals surface area contributed by atoms with E-state index in [4.69, 9.17) is 15.2 Å². The van der Waals surface area contributed by atoms with Gasteiger partial charge >= 0.3 is 5.69 Å².